The standard InChI is InChI=1S/C20H20N4O2/c1-14(15-7-4-3-5-8-15)24-12-11-18(23-24)22-20(26)17-10-6-9-16(13-17)19(25)21-2/h3-14H,1-2H3,(H,21,25)(H,22,23,26)/t14-/m1/s1. The van der Waals surface area contributed by atoms with E-state index in [4.69, 9.17) is 0 Å². The topological polar surface area (TPSA) is 76.0 Å². The number of anilines is 1. The van der Waals surface area contributed by atoms with Gasteiger partial charge in [0.2, 0.25) is 0 Å². The van der Waals surface area contributed by atoms with E-state index >= 15 is 0 Å². The number of carbonyl (C=O) groups is 2. The molecule has 0 unspecified atom stereocenters. The number of rotatable bonds is 5. The van der Waals surface area contributed by atoms with Gasteiger partial charge in [-0.1, -0.05) is 36.4 Å². The summed E-state index contributed by atoms with van der Waals surface area (Å²) in [6, 6.07) is 18.4. The summed E-state index contributed by atoms with van der Waals surface area (Å²) in [6.07, 6.45) is 1.83. The van der Waals surface area contributed by atoms with E-state index in [9.17, 15) is 9.59 Å². The van der Waals surface area contributed by atoms with E-state index in [1.165, 1.54) is 0 Å². The fourth-order valence-electron chi connectivity index (χ4n) is 2.64. The van der Waals surface area contributed by atoms with Crippen LogP contribution in [0.3, 0.4) is 0 Å². The second kappa shape index (κ2) is 7.65. The summed E-state index contributed by atoms with van der Waals surface area (Å²) in [5.74, 6) is -0.0860. The highest BCUT2D eigenvalue weighted by Crippen LogP contribution is 2.18. The van der Waals surface area contributed by atoms with Crippen LogP contribution in [0.15, 0.2) is 66.9 Å². The van der Waals surface area contributed by atoms with Crippen LogP contribution in [0.5, 0.6) is 0 Å². The summed E-state index contributed by atoms with van der Waals surface area (Å²) >= 11 is 0. The zero-order valence-electron chi connectivity index (χ0n) is 14.6. The Morgan fingerprint density at radius 2 is 1.65 bits per heavy atom. The third kappa shape index (κ3) is 3.80. The maximum Gasteiger partial charge on any atom is 0.256 e. The van der Waals surface area contributed by atoms with E-state index in [1.54, 1.807) is 42.1 Å². The van der Waals surface area contributed by atoms with Gasteiger partial charge in [0.05, 0.1) is 6.04 Å². The minimum absolute atomic E-state index is 0.0541. The average molecular weight is 348 g/mol. The van der Waals surface area contributed by atoms with Gasteiger partial charge in [0.25, 0.3) is 11.8 Å². The first-order valence-electron chi connectivity index (χ1n) is 8.32. The van der Waals surface area contributed by atoms with Crippen molar-refractivity contribution in [3.63, 3.8) is 0 Å². The van der Waals surface area contributed by atoms with Crippen LogP contribution >= 0.6 is 0 Å². The zero-order chi connectivity index (χ0) is 18.5. The van der Waals surface area contributed by atoms with Crippen LogP contribution in [0, 0.1) is 0 Å². The lowest BCUT2D eigenvalue weighted by Gasteiger charge is -2.12. The number of benzene rings is 2. The smallest absolute Gasteiger partial charge is 0.256 e. The first-order chi connectivity index (χ1) is 12.6. The molecule has 6 nitrogen and oxygen atoms in total. The lowest BCUT2D eigenvalue weighted by atomic mass is 10.1. The van der Waals surface area contributed by atoms with Gasteiger partial charge < -0.3 is 10.6 Å². The van der Waals surface area contributed by atoms with Gasteiger partial charge >= 0.3 is 0 Å². The molecule has 0 aliphatic heterocycles. The van der Waals surface area contributed by atoms with Crippen LogP contribution in [-0.4, -0.2) is 28.6 Å². The van der Waals surface area contributed by atoms with Crippen molar-refractivity contribution in [2.45, 2.75) is 13.0 Å². The monoisotopic (exact) mass is 348 g/mol. The Hall–Kier alpha value is -3.41. The van der Waals surface area contributed by atoms with Crippen LogP contribution in [0.1, 0.15) is 39.2 Å². The third-order valence-corrected chi connectivity index (χ3v) is 4.14. The molecule has 1 heterocycles. The summed E-state index contributed by atoms with van der Waals surface area (Å²) < 4.78 is 1.80. The molecule has 0 spiro atoms. The first-order valence-corrected chi connectivity index (χ1v) is 8.32. The third-order valence-electron chi connectivity index (χ3n) is 4.14. The van der Waals surface area contributed by atoms with Crippen molar-refractivity contribution < 1.29 is 9.59 Å². The van der Waals surface area contributed by atoms with E-state index in [1.807, 2.05) is 43.5 Å². The molecule has 2 amide bonds. The molecule has 132 valence electrons. The van der Waals surface area contributed by atoms with Crippen LogP contribution in [0.25, 0.3) is 0 Å². The van der Waals surface area contributed by atoms with Gasteiger partial charge in [-0.25, -0.2) is 0 Å². The Morgan fingerprint density at radius 1 is 0.962 bits per heavy atom. The lowest BCUT2D eigenvalue weighted by Crippen LogP contribution is -2.19. The highest BCUT2D eigenvalue weighted by Gasteiger charge is 2.13. The molecular weight excluding hydrogens is 328 g/mol. The Kier molecular flexibility index (Phi) is 5.12. The van der Waals surface area contributed by atoms with Crippen molar-refractivity contribution in [2.75, 3.05) is 12.4 Å². The molecule has 0 aliphatic carbocycles. The van der Waals surface area contributed by atoms with Crippen LogP contribution in [0.4, 0.5) is 5.82 Å². The van der Waals surface area contributed by atoms with E-state index < -0.39 is 0 Å². The van der Waals surface area contributed by atoms with E-state index in [0.29, 0.717) is 16.9 Å². The maximum absolute atomic E-state index is 12.4. The Bertz CT molecular complexity index is 918. The molecule has 6 heteroatoms. The number of hydrogen-bond acceptors (Lipinski definition) is 3. The molecule has 2 N–H and O–H groups in total. The van der Waals surface area contributed by atoms with E-state index in [-0.39, 0.29) is 17.9 Å². The van der Waals surface area contributed by atoms with Crippen molar-refractivity contribution in [3.8, 4) is 0 Å². The summed E-state index contributed by atoms with van der Waals surface area (Å²) in [5.41, 5.74) is 1.96. The van der Waals surface area contributed by atoms with Crippen LogP contribution < -0.4 is 10.6 Å². The molecule has 26 heavy (non-hydrogen) atoms. The predicted octanol–water partition coefficient (Wildman–Crippen LogP) is 3.10. The highest BCUT2D eigenvalue weighted by atomic mass is 16.2. The summed E-state index contributed by atoms with van der Waals surface area (Å²) in [6.45, 7) is 2.04. The fraction of sp³-hybridized carbons (Fsp3) is 0.150. The predicted molar refractivity (Wildman–Crippen MR) is 100 cm³/mol. The van der Waals surface area contributed by atoms with Crippen LogP contribution in [-0.2, 0) is 0 Å². The number of amides is 2. The van der Waals surface area contributed by atoms with Gasteiger partial charge in [0.15, 0.2) is 5.82 Å². The molecule has 0 fully saturated rings. The molecule has 0 saturated heterocycles. The molecular formula is C20H20N4O2. The minimum Gasteiger partial charge on any atom is -0.355 e. The SMILES string of the molecule is CNC(=O)c1cccc(C(=O)Nc2ccn([C@H](C)c3ccccc3)n2)c1. The molecule has 3 rings (SSSR count). The van der Waals surface area contributed by atoms with Crippen LogP contribution in [0.2, 0.25) is 0 Å². The number of carbonyl (C=O) groups excluding carboxylic acids is 2. The molecule has 1 aromatic heterocycles. The summed E-state index contributed by atoms with van der Waals surface area (Å²) in [4.78, 5) is 24.1. The van der Waals surface area contributed by atoms with Gasteiger partial charge in [-0.05, 0) is 30.7 Å². The van der Waals surface area contributed by atoms with Gasteiger partial charge in [-0.2, -0.15) is 5.10 Å². The number of aromatic nitrogens is 2. The Balaban J connectivity index is 1.73. The first kappa shape index (κ1) is 17.4. The van der Waals surface area contributed by atoms with Gasteiger partial charge in [-0.15, -0.1) is 0 Å². The van der Waals surface area contributed by atoms with Crippen molar-refractivity contribution in [3.05, 3.63) is 83.6 Å². The summed E-state index contributed by atoms with van der Waals surface area (Å²) in [7, 11) is 1.55. The Labute approximate surface area is 151 Å². The highest BCUT2D eigenvalue weighted by molar-refractivity contribution is 6.05. The molecule has 3 aromatic rings. The lowest BCUT2D eigenvalue weighted by molar-refractivity contribution is 0.0963. The van der Waals surface area contributed by atoms with Crippen molar-refractivity contribution in [2.24, 2.45) is 0 Å². The van der Waals surface area contributed by atoms with E-state index in [2.05, 4.69) is 15.7 Å². The number of nitrogens with zero attached hydrogens (tertiary/aromatic N) is 2. The molecule has 2 aromatic carbocycles. The summed E-state index contributed by atoms with van der Waals surface area (Å²) in [5, 5.41) is 9.74. The van der Waals surface area contributed by atoms with E-state index in [0.717, 1.165) is 5.56 Å². The molecule has 0 saturated carbocycles. The average Bonchev–Trinajstić information content (AvgIpc) is 3.16. The second-order valence-electron chi connectivity index (χ2n) is 5.88. The quantitative estimate of drug-likeness (QED) is 0.744. The molecule has 1 atom stereocenters. The molecule has 0 aliphatic rings. The zero-order valence-corrected chi connectivity index (χ0v) is 14.6. The number of nitrogens with one attached hydrogen (secondary N) is 2. The maximum atomic E-state index is 12.4. The second-order valence-corrected chi connectivity index (χ2v) is 5.88. The van der Waals surface area contributed by atoms with Gasteiger partial charge in [0.1, 0.15) is 0 Å². The largest absolute Gasteiger partial charge is 0.355 e. The minimum atomic E-state index is -0.312. The van der Waals surface area contributed by atoms with Crippen molar-refractivity contribution in [1.82, 2.24) is 15.1 Å². The fourth-order valence-corrected chi connectivity index (χ4v) is 2.64. The van der Waals surface area contributed by atoms with Gasteiger partial charge in [0, 0.05) is 30.4 Å². The molecule has 0 radical (unpaired) electrons. The van der Waals surface area contributed by atoms with Crippen molar-refractivity contribution in [1.29, 1.82) is 0 Å². The molecule has 0 bridgehead atoms. The normalized spacial score (nSPS) is 11.6. The van der Waals surface area contributed by atoms with Crippen molar-refractivity contribution >= 4 is 17.6 Å². The Morgan fingerprint density at radius 3 is 2.35 bits per heavy atom. The van der Waals surface area contributed by atoms with Gasteiger partial charge in [-0.3, -0.25) is 14.3 Å². The number of hydrogen-bond donors (Lipinski definition) is 2.